The first-order chi connectivity index (χ1) is 5.69. The summed E-state index contributed by atoms with van der Waals surface area (Å²) >= 11 is 0. The van der Waals surface area contributed by atoms with Crippen molar-refractivity contribution in [3.8, 4) is 11.5 Å². The predicted octanol–water partition coefficient (Wildman–Crippen LogP) is 2.22. The van der Waals surface area contributed by atoms with Gasteiger partial charge in [0.15, 0.2) is 11.5 Å². The summed E-state index contributed by atoms with van der Waals surface area (Å²) in [4.78, 5) is 0. The van der Waals surface area contributed by atoms with Crippen LogP contribution in [0.5, 0.6) is 11.5 Å². The van der Waals surface area contributed by atoms with Crippen LogP contribution in [-0.4, -0.2) is 10.2 Å². The average Bonchev–Trinajstić information content (AvgIpc) is 2.09. The maximum Gasteiger partial charge on any atom is 0.160 e. The molecule has 0 spiro atoms. The summed E-state index contributed by atoms with van der Waals surface area (Å²) in [5.74, 6) is 0.0147. The van der Waals surface area contributed by atoms with Gasteiger partial charge in [0, 0.05) is 0 Å². The van der Waals surface area contributed by atoms with Crippen molar-refractivity contribution in [2.75, 3.05) is 0 Å². The SMILES string of the molecule is CCc1cc(O)c(O)c(CC)c1. The van der Waals surface area contributed by atoms with E-state index in [0.29, 0.717) is 0 Å². The van der Waals surface area contributed by atoms with Gasteiger partial charge < -0.3 is 10.2 Å². The van der Waals surface area contributed by atoms with Crippen LogP contribution in [0.25, 0.3) is 0 Å². The lowest BCUT2D eigenvalue weighted by molar-refractivity contribution is 0.399. The number of rotatable bonds is 2. The van der Waals surface area contributed by atoms with Crippen LogP contribution in [0, 0.1) is 0 Å². The molecular weight excluding hydrogens is 152 g/mol. The van der Waals surface area contributed by atoms with E-state index in [2.05, 4.69) is 0 Å². The van der Waals surface area contributed by atoms with Crippen molar-refractivity contribution in [2.45, 2.75) is 26.7 Å². The van der Waals surface area contributed by atoms with Gasteiger partial charge in [-0.3, -0.25) is 0 Å². The van der Waals surface area contributed by atoms with E-state index in [9.17, 15) is 10.2 Å². The van der Waals surface area contributed by atoms with E-state index in [4.69, 9.17) is 0 Å². The zero-order valence-corrected chi connectivity index (χ0v) is 7.46. The molecule has 0 radical (unpaired) electrons. The number of phenols is 2. The minimum atomic E-state index is -0.00815. The number of benzene rings is 1. The van der Waals surface area contributed by atoms with Gasteiger partial charge in [0.2, 0.25) is 0 Å². The van der Waals surface area contributed by atoms with Crippen LogP contribution in [0.4, 0.5) is 0 Å². The summed E-state index contributed by atoms with van der Waals surface area (Å²) < 4.78 is 0. The summed E-state index contributed by atoms with van der Waals surface area (Å²) in [5.41, 5.74) is 1.87. The largest absolute Gasteiger partial charge is 0.504 e. The molecule has 0 aliphatic rings. The second-order valence-electron chi connectivity index (χ2n) is 2.83. The molecule has 2 heteroatoms. The zero-order valence-electron chi connectivity index (χ0n) is 7.46. The van der Waals surface area contributed by atoms with E-state index >= 15 is 0 Å². The van der Waals surface area contributed by atoms with Crippen LogP contribution in [-0.2, 0) is 12.8 Å². The Hall–Kier alpha value is -1.18. The van der Waals surface area contributed by atoms with Gasteiger partial charge in [-0.1, -0.05) is 19.9 Å². The van der Waals surface area contributed by atoms with Crippen molar-refractivity contribution in [1.82, 2.24) is 0 Å². The lowest BCUT2D eigenvalue weighted by Crippen LogP contribution is -1.87. The smallest absolute Gasteiger partial charge is 0.160 e. The van der Waals surface area contributed by atoms with Gasteiger partial charge >= 0.3 is 0 Å². The molecule has 0 aliphatic heterocycles. The van der Waals surface area contributed by atoms with Crippen LogP contribution in [0.1, 0.15) is 25.0 Å². The Morgan fingerprint density at radius 1 is 1.08 bits per heavy atom. The second kappa shape index (κ2) is 3.48. The van der Waals surface area contributed by atoms with E-state index in [1.54, 1.807) is 6.07 Å². The van der Waals surface area contributed by atoms with E-state index in [0.717, 1.165) is 24.0 Å². The molecule has 0 aliphatic carbocycles. The molecule has 0 heterocycles. The fraction of sp³-hybridized carbons (Fsp3) is 0.400. The first kappa shape index (κ1) is 8.91. The lowest BCUT2D eigenvalue weighted by atomic mass is 10.1. The van der Waals surface area contributed by atoms with Gasteiger partial charge in [-0.2, -0.15) is 0 Å². The van der Waals surface area contributed by atoms with Crippen LogP contribution in [0.3, 0.4) is 0 Å². The topological polar surface area (TPSA) is 40.5 Å². The Bertz CT molecular complexity index is 279. The molecule has 0 bridgehead atoms. The number of hydrogen-bond acceptors (Lipinski definition) is 2. The number of phenolic OH excluding ortho intramolecular Hbond substituents is 2. The van der Waals surface area contributed by atoms with Crippen molar-refractivity contribution in [3.05, 3.63) is 23.3 Å². The summed E-state index contributed by atoms with van der Waals surface area (Å²) in [5, 5.41) is 18.7. The van der Waals surface area contributed by atoms with Crippen molar-refractivity contribution >= 4 is 0 Å². The molecule has 0 atom stereocenters. The number of hydrogen-bond donors (Lipinski definition) is 2. The van der Waals surface area contributed by atoms with Gasteiger partial charge in [0.05, 0.1) is 0 Å². The van der Waals surface area contributed by atoms with Crippen molar-refractivity contribution in [3.63, 3.8) is 0 Å². The molecule has 2 N–H and O–H groups in total. The van der Waals surface area contributed by atoms with Crippen molar-refractivity contribution < 1.29 is 10.2 Å². The molecule has 2 nitrogen and oxygen atoms in total. The average molecular weight is 166 g/mol. The summed E-state index contributed by atoms with van der Waals surface area (Å²) in [7, 11) is 0. The lowest BCUT2D eigenvalue weighted by Gasteiger charge is -2.06. The Morgan fingerprint density at radius 3 is 2.25 bits per heavy atom. The first-order valence-corrected chi connectivity index (χ1v) is 4.22. The highest BCUT2D eigenvalue weighted by Crippen LogP contribution is 2.30. The van der Waals surface area contributed by atoms with E-state index < -0.39 is 0 Å². The monoisotopic (exact) mass is 166 g/mol. The fourth-order valence-corrected chi connectivity index (χ4v) is 1.22. The highest BCUT2D eigenvalue weighted by Gasteiger charge is 2.05. The van der Waals surface area contributed by atoms with Gasteiger partial charge in [-0.05, 0) is 30.0 Å². The Kier molecular flexibility index (Phi) is 2.58. The fourth-order valence-electron chi connectivity index (χ4n) is 1.22. The van der Waals surface area contributed by atoms with Crippen LogP contribution >= 0.6 is 0 Å². The Morgan fingerprint density at radius 2 is 1.75 bits per heavy atom. The maximum absolute atomic E-state index is 9.37. The van der Waals surface area contributed by atoms with Crippen molar-refractivity contribution in [2.24, 2.45) is 0 Å². The molecule has 0 unspecified atom stereocenters. The normalized spacial score (nSPS) is 10.2. The molecule has 0 saturated carbocycles. The van der Waals surface area contributed by atoms with Crippen LogP contribution in [0.15, 0.2) is 12.1 Å². The number of aromatic hydroxyl groups is 2. The highest BCUT2D eigenvalue weighted by molar-refractivity contribution is 5.47. The molecule has 0 aromatic heterocycles. The molecule has 1 aromatic carbocycles. The maximum atomic E-state index is 9.37. The Labute approximate surface area is 72.5 Å². The van der Waals surface area contributed by atoms with E-state index in [1.165, 1.54) is 0 Å². The predicted molar refractivity (Wildman–Crippen MR) is 48.5 cm³/mol. The zero-order chi connectivity index (χ0) is 9.14. The van der Waals surface area contributed by atoms with Crippen molar-refractivity contribution in [1.29, 1.82) is 0 Å². The van der Waals surface area contributed by atoms with Crippen LogP contribution < -0.4 is 0 Å². The third kappa shape index (κ3) is 1.52. The van der Waals surface area contributed by atoms with Crippen LogP contribution in [0.2, 0.25) is 0 Å². The molecule has 0 saturated heterocycles. The van der Waals surface area contributed by atoms with E-state index in [1.807, 2.05) is 19.9 Å². The number of aryl methyl sites for hydroxylation is 2. The van der Waals surface area contributed by atoms with Gasteiger partial charge in [-0.25, -0.2) is 0 Å². The second-order valence-corrected chi connectivity index (χ2v) is 2.83. The molecule has 0 fully saturated rings. The minimum absolute atomic E-state index is 0.00815. The molecule has 1 rings (SSSR count). The third-order valence-electron chi connectivity index (χ3n) is 2.02. The summed E-state index contributed by atoms with van der Waals surface area (Å²) in [6, 6.07) is 3.53. The minimum Gasteiger partial charge on any atom is -0.504 e. The quantitative estimate of drug-likeness (QED) is 0.661. The molecule has 12 heavy (non-hydrogen) atoms. The molecular formula is C10H14O2. The highest BCUT2D eigenvalue weighted by atomic mass is 16.3. The summed E-state index contributed by atoms with van der Waals surface area (Å²) in [6.45, 7) is 3.97. The third-order valence-corrected chi connectivity index (χ3v) is 2.02. The van der Waals surface area contributed by atoms with Gasteiger partial charge in [0.1, 0.15) is 0 Å². The standard InChI is InChI=1S/C10H14O2/c1-3-7-5-8(4-2)10(12)9(11)6-7/h5-6,11-12H,3-4H2,1-2H3. The summed E-state index contributed by atoms with van der Waals surface area (Å²) in [6.07, 6.45) is 1.62. The molecule has 66 valence electrons. The van der Waals surface area contributed by atoms with Gasteiger partial charge in [-0.15, -0.1) is 0 Å². The molecule has 1 aromatic rings. The molecule has 0 amide bonds. The first-order valence-electron chi connectivity index (χ1n) is 4.22. The van der Waals surface area contributed by atoms with Gasteiger partial charge in [0.25, 0.3) is 0 Å². The van der Waals surface area contributed by atoms with E-state index in [-0.39, 0.29) is 11.5 Å². The Balaban J connectivity index is 3.19.